The second-order valence-corrected chi connectivity index (χ2v) is 5.49. The molecule has 1 N–H and O–H groups in total. The minimum atomic E-state index is -0.863. The number of hydrogen-bond donors (Lipinski definition) is 1. The average molecular weight is 326 g/mol. The van der Waals surface area contributed by atoms with Crippen LogP contribution in [0.25, 0.3) is 0 Å². The van der Waals surface area contributed by atoms with E-state index in [0.29, 0.717) is 36.9 Å². The van der Waals surface area contributed by atoms with Gasteiger partial charge in [0, 0.05) is 25.4 Å². The molecule has 0 atom stereocenters. The van der Waals surface area contributed by atoms with Gasteiger partial charge in [0.1, 0.15) is 5.75 Å². The normalized spacial score (nSPS) is 12.9. The first-order chi connectivity index (χ1) is 11.6. The van der Waals surface area contributed by atoms with Gasteiger partial charge in [-0.25, -0.2) is 4.98 Å². The summed E-state index contributed by atoms with van der Waals surface area (Å²) in [7, 11) is -0.863. The van der Waals surface area contributed by atoms with Crippen LogP contribution < -0.4 is 10.2 Å². The lowest BCUT2D eigenvalue weighted by Crippen LogP contribution is -2.30. The molecule has 1 aliphatic heterocycles. The highest BCUT2D eigenvalue weighted by molar-refractivity contribution is 6.61. The number of carbonyl (C=O) groups excluding carboxylic acids is 1. The Balaban J connectivity index is 1.72. The van der Waals surface area contributed by atoms with Crippen LogP contribution in [0.2, 0.25) is 0 Å². The van der Waals surface area contributed by atoms with Crippen LogP contribution in [0.1, 0.15) is 29.8 Å². The number of aromatic nitrogens is 1. The first-order valence-corrected chi connectivity index (χ1v) is 7.98. The van der Waals surface area contributed by atoms with Gasteiger partial charge in [0.25, 0.3) is 5.91 Å². The molecule has 0 saturated heterocycles. The molecule has 24 heavy (non-hydrogen) atoms. The molecule has 3 rings (SSSR count). The molecule has 0 saturated carbocycles. The third-order valence-corrected chi connectivity index (χ3v) is 4.03. The Kier molecular flexibility index (Phi) is 4.82. The zero-order valence-corrected chi connectivity index (χ0v) is 13.7. The molecule has 124 valence electrons. The van der Waals surface area contributed by atoms with E-state index in [4.69, 9.17) is 9.39 Å². The standard InChI is InChI=1S/C17H19BN2O4/c1-3-20(4-2)17(21)12-5-8-16(19-10-12)24-14-6-7-15-13(9-14)11-23-18(15)22/h5-10,22H,3-4,11H2,1-2H3. The third kappa shape index (κ3) is 3.27. The van der Waals surface area contributed by atoms with E-state index in [1.54, 1.807) is 29.2 Å². The summed E-state index contributed by atoms with van der Waals surface area (Å²) < 4.78 is 10.9. The molecule has 0 spiro atoms. The van der Waals surface area contributed by atoms with Crippen molar-refractivity contribution >= 4 is 18.5 Å². The van der Waals surface area contributed by atoms with Crippen molar-refractivity contribution in [3.8, 4) is 11.6 Å². The molecule has 1 amide bonds. The van der Waals surface area contributed by atoms with E-state index < -0.39 is 7.12 Å². The molecule has 1 aliphatic rings. The lowest BCUT2D eigenvalue weighted by Gasteiger charge is -2.18. The summed E-state index contributed by atoms with van der Waals surface area (Å²) in [5.41, 5.74) is 2.19. The number of amides is 1. The maximum Gasteiger partial charge on any atom is 0.491 e. The first kappa shape index (κ1) is 16.5. The number of fused-ring (bicyclic) bond motifs is 1. The van der Waals surface area contributed by atoms with Gasteiger partial charge in [-0.2, -0.15) is 0 Å². The van der Waals surface area contributed by atoms with Crippen LogP contribution in [-0.2, 0) is 11.3 Å². The van der Waals surface area contributed by atoms with Gasteiger partial charge in [0.05, 0.1) is 12.2 Å². The van der Waals surface area contributed by atoms with Crippen molar-refractivity contribution in [2.24, 2.45) is 0 Å². The average Bonchev–Trinajstić information content (AvgIpc) is 2.97. The summed E-state index contributed by atoms with van der Waals surface area (Å²) in [6.07, 6.45) is 1.52. The highest BCUT2D eigenvalue weighted by Gasteiger charge is 2.27. The van der Waals surface area contributed by atoms with Gasteiger partial charge in [-0.05, 0) is 43.1 Å². The molecule has 6 nitrogen and oxygen atoms in total. The van der Waals surface area contributed by atoms with Crippen LogP contribution in [0.15, 0.2) is 36.5 Å². The van der Waals surface area contributed by atoms with Gasteiger partial charge in [-0.3, -0.25) is 4.79 Å². The topological polar surface area (TPSA) is 71.9 Å². The maximum absolute atomic E-state index is 12.2. The second kappa shape index (κ2) is 7.03. The van der Waals surface area contributed by atoms with E-state index in [0.717, 1.165) is 11.0 Å². The van der Waals surface area contributed by atoms with Crippen LogP contribution in [0.4, 0.5) is 0 Å². The monoisotopic (exact) mass is 326 g/mol. The highest BCUT2D eigenvalue weighted by atomic mass is 16.5. The number of carbonyl (C=O) groups is 1. The Morgan fingerprint density at radius 2 is 2.12 bits per heavy atom. The quantitative estimate of drug-likeness (QED) is 0.845. The van der Waals surface area contributed by atoms with Crippen molar-refractivity contribution in [3.05, 3.63) is 47.7 Å². The lowest BCUT2D eigenvalue weighted by atomic mass is 9.80. The van der Waals surface area contributed by atoms with Gasteiger partial charge in [0.2, 0.25) is 5.88 Å². The molecular formula is C17H19BN2O4. The molecular weight excluding hydrogens is 307 g/mol. The van der Waals surface area contributed by atoms with Gasteiger partial charge in [-0.15, -0.1) is 0 Å². The van der Waals surface area contributed by atoms with Crippen LogP contribution in [0.5, 0.6) is 11.6 Å². The van der Waals surface area contributed by atoms with Crippen molar-refractivity contribution in [2.75, 3.05) is 13.1 Å². The molecule has 0 bridgehead atoms. The smallest absolute Gasteiger partial charge is 0.439 e. The minimum Gasteiger partial charge on any atom is -0.439 e. The Bertz CT molecular complexity index is 732. The van der Waals surface area contributed by atoms with E-state index >= 15 is 0 Å². The van der Waals surface area contributed by atoms with Crippen LogP contribution in [0, 0.1) is 0 Å². The molecule has 0 unspecified atom stereocenters. The summed E-state index contributed by atoms with van der Waals surface area (Å²) >= 11 is 0. The zero-order valence-electron chi connectivity index (χ0n) is 13.7. The predicted molar refractivity (Wildman–Crippen MR) is 90.4 cm³/mol. The second-order valence-electron chi connectivity index (χ2n) is 5.49. The number of ether oxygens (including phenoxy) is 1. The molecule has 7 heteroatoms. The van der Waals surface area contributed by atoms with Gasteiger partial charge in [0.15, 0.2) is 0 Å². The van der Waals surface area contributed by atoms with Crippen molar-refractivity contribution in [1.82, 2.24) is 9.88 Å². The summed E-state index contributed by atoms with van der Waals surface area (Å²) in [6, 6.07) is 8.74. The Morgan fingerprint density at radius 3 is 2.79 bits per heavy atom. The fourth-order valence-electron chi connectivity index (χ4n) is 2.65. The van der Waals surface area contributed by atoms with Gasteiger partial charge < -0.3 is 19.3 Å². The van der Waals surface area contributed by atoms with Crippen molar-refractivity contribution < 1.29 is 19.2 Å². The van der Waals surface area contributed by atoms with Crippen molar-refractivity contribution in [2.45, 2.75) is 20.5 Å². The zero-order chi connectivity index (χ0) is 17.1. The number of hydrogen-bond acceptors (Lipinski definition) is 5. The number of pyridine rings is 1. The van der Waals surface area contributed by atoms with E-state index in [9.17, 15) is 9.82 Å². The summed E-state index contributed by atoms with van der Waals surface area (Å²) in [4.78, 5) is 18.2. The Labute approximate surface area is 141 Å². The van der Waals surface area contributed by atoms with E-state index in [-0.39, 0.29) is 5.91 Å². The largest absolute Gasteiger partial charge is 0.491 e. The van der Waals surface area contributed by atoms with E-state index in [1.807, 2.05) is 19.9 Å². The fraction of sp³-hybridized carbons (Fsp3) is 0.294. The SMILES string of the molecule is CCN(CC)C(=O)c1ccc(Oc2ccc3c(c2)COB3O)nc1. The van der Waals surface area contributed by atoms with Gasteiger partial charge in [-0.1, -0.05) is 6.07 Å². The van der Waals surface area contributed by atoms with Crippen molar-refractivity contribution in [3.63, 3.8) is 0 Å². The summed E-state index contributed by atoms with van der Waals surface area (Å²) in [5, 5.41) is 9.62. The lowest BCUT2D eigenvalue weighted by molar-refractivity contribution is 0.0772. The first-order valence-electron chi connectivity index (χ1n) is 7.98. The Hall–Kier alpha value is -2.38. The molecule has 1 aromatic heterocycles. The molecule has 2 heterocycles. The molecule has 0 fully saturated rings. The molecule has 0 aliphatic carbocycles. The fourth-order valence-corrected chi connectivity index (χ4v) is 2.65. The predicted octanol–water partition coefficient (Wildman–Crippen LogP) is 1.57. The molecule has 1 aromatic carbocycles. The van der Waals surface area contributed by atoms with Crippen LogP contribution in [0.3, 0.4) is 0 Å². The van der Waals surface area contributed by atoms with Crippen LogP contribution >= 0.6 is 0 Å². The van der Waals surface area contributed by atoms with Crippen LogP contribution in [-0.4, -0.2) is 41.0 Å². The highest BCUT2D eigenvalue weighted by Crippen LogP contribution is 2.22. The molecule has 2 aromatic rings. The summed E-state index contributed by atoms with van der Waals surface area (Å²) in [5.74, 6) is 0.981. The van der Waals surface area contributed by atoms with Gasteiger partial charge >= 0.3 is 7.12 Å². The number of rotatable bonds is 5. The maximum atomic E-state index is 12.2. The molecule has 0 radical (unpaired) electrons. The van der Waals surface area contributed by atoms with E-state index in [1.165, 1.54) is 6.20 Å². The minimum absolute atomic E-state index is 0.0392. The summed E-state index contributed by atoms with van der Waals surface area (Å²) in [6.45, 7) is 5.58. The number of benzene rings is 1. The Morgan fingerprint density at radius 1 is 1.33 bits per heavy atom. The third-order valence-electron chi connectivity index (χ3n) is 4.03. The van der Waals surface area contributed by atoms with Crippen molar-refractivity contribution in [1.29, 1.82) is 0 Å². The number of nitrogens with zero attached hydrogens (tertiary/aromatic N) is 2. The van der Waals surface area contributed by atoms with E-state index in [2.05, 4.69) is 4.98 Å².